The fourth-order valence-electron chi connectivity index (χ4n) is 1.22. The minimum absolute atomic E-state index is 0. The molecule has 0 saturated heterocycles. The Morgan fingerprint density at radius 2 is 2.07 bits per heavy atom. The third-order valence-corrected chi connectivity index (χ3v) is 1.75. The maximum absolute atomic E-state index is 13.3. The highest BCUT2D eigenvalue weighted by Gasteiger charge is 2.04. The number of nitrogens with zero attached hydrogens (tertiary/aromatic N) is 1. The quantitative estimate of drug-likeness (QED) is 0.718. The first-order valence-electron chi connectivity index (χ1n) is 3.86. The van der Waals surface area contributed by atoms with E-state index >= 15 is 0 Å². The van der Waals surface area contributed by atoms with E-state index in [1.807, 2.05) is 0 Å². The van der Waals surface area contributed by atoms with Crippen LogP contribution in [0.2, 0.25) is 0 Å². The summed E-state index contributed by atoms with van der Waals surface area (Å²) in [5.41, 5.74) is 7.19. The van der Waals surface area contributed by atoms with Gasteiger partial charge in [-0.2, -0.15) is 0 Å². The van der Waals surface area contributed by atoms with Gasteiger partial charge in [0.2, 0.25) is 0 Å². The molecule has 0 unspecified atom stereocenters. The molecule has 0 saturated carbocycles. The van der Waals surface area contributed by atoms with Crippen LogP contribution >= 0.6 is 24.8 Å². The number of aromatic amines is 1. The molecule has 1 aromatic carbocycles. The van der Waals surface area contributed by atoms with E-state index in [0.717, 1.165) is 0 Å². The van der Waals surface area contributed by atoms with Crippen LogP contribution in [-0.2, 0) is 0 Å². The standard InChI is InChI=1S/C8H9FN4.2ClH/c1-10-13-5-2-6(9)8-7(3-5)11-4-12-8;;/h2-4,10,13H,1H3,(H,11,12);2*1H. The van der Waals surface area contributed by atoms with Crippen molar-refractivity contribution in [2.75, 3.05) is 12.5 Å². The molecule has 0 aliphatic carbocycles. The number of aromatic nitrogens is 2. The summed E-state index contributed by atoms with van der Waals surface area (Å²) in [6, 6.07) is 3.16. The molecule has 84 valence electrons. The van der Waals surface area contributed by atoms with E-state index in [9.17, 15) is 4.39 Å². The number of anilines is 1. The van der Waals surface area contributed by atoms with E-state index in [1.165, 1.54) is 12.4 Å². The topological polar surface area (TPSA) is 52.7 Å². The lowest BCUT2D eigenvalue weighted by Crippen LogP contribution is -2.14. The van der Waals surface area contributed by atoms with Crippen LogP contribution < -0.4 is 10.9 Å². The summed E-state index contributed by atoms with van der Waals surface area (Å²) in [4.78, 5) is 6.68. The molecule has 2 rings (SSSR count). The highest BCUT2D eigenvalue weighted by Crippen LogP contribution is 2.18. The number of hydrogen-bond donors (Lipinski definition) is 3. The van der Waals surface area contributed by atoms with Crippen molar-refractivity contribution in [1.29, 1.82) is 0 Å². The molecular formula is C8H11Cl2FN4. The van der Waals surface area contributed by atoms with Crippen molar-refractivity contribution in [3.05, 3.63) is 24.3 Å². The molecule has 1 heterocycles. The van der Waals surface area contributed by atoms with Crippen LogP contribution in [0.25, 0.3) is 11.0 Å². The van der Waals surface area contributed by atoms with Gasteiger partial charge >= 0.3 is 0 Å². The molecule has 2 aromatic rings. The number of benzene rings is 1. The lowest BCUT2D eigenvalue weighted by Gasteiger charge is -2.03. The van der Waals surface area contributed by atoms with Crippen molar-refractivity contribution in [2.24, 2.45) is 0 Å². The smallest absolute Gasteiger partial charge is 0.150 e. The SMILES string of the molecule is CNNc1cc(F)c2[nH]cnc2c1.Cl.Cl. The second-order valence-electron chi connectivity index (χ2n) is 2.63. The summed E-state index contributed by atoms with van der Waals surface area (Å²) < 4.78 is 13.3. The number of nitrogens with one attached hydrogen (secondary N) is 3. The molecule has 1 aromatic heterocycles. The average molecular weight is 253 g/mol. The Kier molecular flexibility index (Phi) is 5.35. The van der Waals surface area contributed by atoms with E-state index in [0.29, 0.717) is 16.7 Å². The van der Waals surface area contributed by atoms with Crippen molar-refractivity contribution in [2.45, 2.75) is 0 Å². The molecule has 0 atom stereocenters. The van der Waals surface area contributed by atoms with E-state index in [-0.39, 0.29) is 30.6 Å². The van der Waals surface area contributed by atoms with Gasteiger partial charge in [0.05, 0.1) is 17.5 Å². The molecule has 7 heteroatoms. The Bertz CT molecular complexity index is 431. The minimum atomic E-state index is -0.312. The van der Waals surface area contributed by atoms with Crippen molar-refractivity contribution < 1.29 is 4.39 Å². The van der Waals surface area contributed by atoms with Gasteiger partial charge in [-0.05, 0) is 6.07 Å². The molecule has 0 aliphatic rings. The van der Waals surface area contributed by atoms with Crippen molar-refractivity contribution in [3.8, 4) is 0 Å². The van der Waals surface area contributed by atoms with Crippen LogP contribution in [0.5, 0.6) is 0 Å². The molecule has 0 spiro atoms. The zero-order chi connectivity index (χ0) is 9.26. The highest BCUT2D eigenvalue weighted by molar-refractivity contribution is 5.85. The van der Waals surface area contributed by atoms with Gasteiger partial charge in [0.25, 0.3) is 0 Å². The monoisotopic (exact) mass is 252 g/mol. The largest absolute Gasteiger partial charge is 0.342 e. The Labute approximate surface area is 98.4 Å². The van der Waals surface area contributed by atoms with Gasteiger partial charge in [0.1, 0.15) is 5.52 Å². The summed E-state index contributed by atoms with van der Waals surface area (Å²) >= 11 is 0. The number of H-pyrrole nitrogens is 1. The zero-order valence-corrected chi connectivity index (χ0v) is 9.51. The van der Waals surface area contributed by atoms with Crippen molar-refractivity contribution >= 4 is 41.5 Å². The summed E-state index contributed by atoms with van der Waals surface area (Å²) in [6.07, 6.45) is 1.47. The van der Waals surface area contributed by atoms with Gasteiger partial charge < -0.3 is 10.4 Å². The molecule has 3 N–H and O–H groups in total. The van der Waals surface area contributed by atoms with Crippen LogP contribution in [0.1, 0.15) is 0 Å². The number of fused-ring (bicyclic) bond motifs is 1. The number of rotatable bonds is 2. The molecule has 4 nitrogen and oxygen atoms in total. The second kappa shape index (κ2) is 5.75. The Balaban J connectivity index is 0.000000980. The molecular weight excluding hydrogens is 242 g/mol. The summed E-state index contributed by atoms with van der Waals surface area (Å²) in [5.74, 6) is -0.312. The number of hydrazine groups is 1. The van der Waals surface area contributed by atoms with Gasteiger partial charge in [-0.3, -0.25) is 0 Å². The highest BCUT2D eigenvalue weighted by atomic mass is 35.5. The van der Waals surface area contributed by atoms with Crippen LogP contribution in [0, 0.1) is 5.82 Å². The lowest BCUT2D eigenvalue weighted by atomic mass is 10.2. The summed E-state index contributed by atoms with van der Waals surface area (Å²) in [6.45, 7) is 0. The van der Waals surface area contributed by atoms with Crippen LogP contribution in [-0.4, -0.2) is 17.0 Å². The average Bonchev–Trinajstić information content (AvgIpc) is 2.53. The van der Waals surface area contributed by atoms with Crippen LogP contribution in [0.4, 0.5) is 10.1 Å². The summed E-state index contributed by atoms with van der Waals surface area (Å²) in [7, 11) is 1.71. The van der Waals surface area contributed by atoms with E-state index in [1.54, 1.807) is 13.1 Å². The van der Waals surface area contributed by atoms with Crippen molar-refractivity contribution in [1.82, 2.24) is 15.4 Å². The molecule has 0 fully saturated rings. The number of hydrogen-bond acceptors (Lipinski definition) is 3. The molecule has 0 radical (unpaired) electrons. The van der Waals surface area contributed by atoms with Crippen LogP contribution in [0.3, 0.4) is 0 Å². The molecule has 0 amide bonds. The third-order valence-electron chi connectivity index (χ3n) is 1.75. The van der Waals surface area contributed by atoms with E-state index < -0.39 is 0 Å². The van der Waals surface area contributed by atoms with Gasteiger partial charge in [-0.15, -0.1) is 24.8 Å². The van der Waals surface area contributed by atoms with E-state index in [2.05, 4.69) is 20.8 Å². The fraction of sp³-hybridized carbons (Fsp3) is 0.125. The first-order chi connectivity index (χ1) is 6.31. The van der Waals surface area contributed by atoms with Crippen LogP contribution in [0.15, 0.2) is 18.5 Å². The Hall–Kier alpha value is -1.04. The fourth-order valence-corrected chi connectivity index (χ4v) is 1.22. The zero-order valence-electron chi connectivity index (χ0n) is 7.87. The summed E-state index contributed by atoms with van der Waals surface area (Å²) in [5, 5.41) is 0. The lowest BCUT2D eigenvalue weighted by molar-refractivity contribution is 0.637. The Morgan fingerprint density at radius 1 is 1.33 bits per heavy atom. The Morgan fingerprint density at radius 3 is 2.73 bits per heavy atom. The first kappa shape index (κ1) is 14.0. The number of halogens is 3. The maximum Gasteiger partial charge on any atom is 0.150 e. The normalized spacial score (nSPS) is 9.20. The molecule has 0 bridgehead atoms. The van der Waals surface area contributed by atoms with Crippen molar-refractivity contribution in [3.63, 3.8) is 0 Å². The van der Waals surface area contributed by atoms with Gasteiger partial charge in [-0.25, -0.2) is 14.8 Å². The minimum Gasteiger partial charge on any atom is -0.342 e. The maximum atomic E-state index is 13.3. The first-order valence-corrected chi connectivity index (χ1v) is 3.86. The third kappa shape index (κ3) is 2.71. The molecule has 0 aliphatic heterocycles. The van der Waals surface area contributed by atoms with E-state index in [4.69, 9.17) is 0 Å². The van der Waals surface area contributed by atoms with Gasteiger partial charge in [-0.1, -0.05) is 0 Å². The predicted octanol–water partition coefficient (Wildman–Crippen LogP) is 2.09. The molecule has 15 heavy (non-hydrogen) atoms. The second-order valence-corrected chi connectivity index (χ2v) is 2.63. The number of imidazole rings is 1. The van der Waals surface area contributed by atoms with Gasteiger partial charge in [0.15, 0.2) is 5.82 Å². The predicted molar refractivity (Wildman–Crippen MR) is 63.2 cm³/mol. The van der Waals surface area contributed by atoms with Gasteiger partial charge in [0, 0.05) is 13.1 Å².